The van der Waals surface area contributed by atoms with E-state index in [1.54, 1.807) is 12.1 Å². The Hall–Kier alpha value is -1.68. The summed E-state index contributed by atoms with van der Waals surface area (Å²) in [5.74, 6) is 0.0612. The Morgan fingerprint density at radius 3 is 2.47 bits per heavy atom. The van der Waals surface area contributed by atoms with E-state index in [1.807, 2.05) is 12.1 Å². The minimum Gasteiger partial charge on any atom is -0.399 e. The van der Waals surface area contributed by atoms with E-state index in [0.29, 0.717) is 16.3 Å². The second-order valence-corrected chi connectivity index (χ2v) is 5.14. The molecule has 0 fully saturated rings. The maximum absolute atomic E-state index is 12.7. The van der Waals surface area contributed by atoms with E-state index in [-0.39, 0.29) is 5.82 Å². The van der Waals surface area contributed by atoms with E-state index in [2.05, 4.69) is 0 Å². The summed E-state index contributed by atoms with van der Waals surface area (Å²) in [6.45, 7) is 0. The van der Waals surface area contributed by atoms with Crippen LogP contribution in [0.2, 0.25) is 0 Å². The Morgan fingerprint density at radius 1 is 1.12 bits per heavy atom. The van der Waals surface area contributed by atoms with Crippen molar-refractivity contribution in [1.29, 1.82) is 0 Å². The summed E-state index contributed by atoms with van der Waals surface area (Å²) >= 11 is 0. The zero-order chi connectivity index (χ0) is 12.3. The number of rotatable bonds is 3. The van der Waals surface area contributed by atoms with Crippen LogP contribution in [0.4, 0.5) is 10.1 Å². The van der Waals surface area contributed by atoms with Crippen LogP contribution in [-0.2, 0) is 16.6 Å². The smallest absolute Gasteiger partial charge is 0.123 e. The monoisotopic (exact) mass is 249 g/mol. The predicted molar refractivity (Wildman–Crippen MR) is 67.4 cm³/mol. The highest BCUT2D eigenvalue weighted by molar-refractivity contribution is 7.84. The van der Waals surface area contributed by atoms with E-state index in [4.69, 9.17) is 5.73 Å². The number of nitrogens with two attached hydrogens (primary N) is 1. The van der Waals surface area contributed by atoms with Crippen LogP contribution in [0.1, 0.15) is 5.56 Å². The Bertz CT molecular complexity index is 539. The van der Waals surface area contributed by atoms with Crippen molar-refractivity contribution in [1.82, 2.24) is 0 Å². The Labute approximate surface area is 102 Å². The van der Waals surface area contributed by atoms with E-state index < -0.39 is 10.8 Å². The number of hydrogen-bond acceptors (Lipinski definition) is 2. The molecule has 1 unspecified atom stereocenters. The number of hydrogen-bond donors (Lipinski definition) is 1. The van der Waals surface area contributed by atoms with Gasteiger partial charge in [-0.1, -0.05) is 12.1 Å². The normalized spacial score (nSPS) is 12.3. The van der Waals surface area contributed by atoms with E-state index >= 15 is 0 Å². The van der Waals surface area contributed by atoms with Crippen molar-refractivity contribution in [3.63, 3.8) is 0 Å². The highest BCUT2D eigenvalue weighted by Crippen LogP contribution is 2.14. The Kier molecular flexibility index (Phi) is 3.54. The van der Waals surface area contributed by atoms with Gasteiger partial charge in [0.25, 0.3) is 0 Å². The molecule has 0 aliphatic carbocycles. The lowest BCUT2D eigenvalue weighted by Gasteiger charge is -2.03. The molecule has 0 bridgehead atoms. The molecule has 4 heteroatoms. The summed E-state index contributed by atoms with van der Waals surface area (Å²) < 4.78 is 24.7. The average molecular weight is 249 g/mol. The molecule has 0 heterocycles. The van der Waals surface area contributed by atoms with Gasteiger partial charge in [0.2, 0.25) is 0 Å². The quantitative estimate of drug-likeness (QED) is 0.850. The molecule has 0 saturated heterocycles. The van der Waals surface area contributed by atoms with Gasteiger partial charge in [0.15, 0.2) is 0 Å². The van der Waals surface area contributed by atoms with Gasteiger partial charge in [-0.05, 0) is 42.0 Å². The minimum absolute atomic E-state index is 0.324. The molecule has 2 aromatic rings. The lowest BCUT2D eigenvalue weighted by atomic mass is 10.2. The summed E-state index contributed by atoms with van der Waals surface area (Å²) in [6.07, 6.45) is 0. The van der Waals surface area contributed by atoms with Crippen LogP contribution in [-0.4, -0.2) is 4.21 Å². The van der Waals surface area contributed by atoms with E-state index in [1.165, 1.54) is 24.3 Å². The maximum atomic E-state index is 12.7. The molecule has 2 nitrogen and oxygen atoms in total. The zero-order valence-electron chi connectivity index (χ0n) is 9.10. The average Bonchev–Trinajstić information content (AvgIpc) is 2.29. The fraction of sp³-hybridized carbons (Fsp3) is 0.0769. The van der Waals surface area contributed by atoms with Crippen LogP contribution in [0.3, 0.4) is 0 Å². The second-order valence-electron chi connectivity index (χ2n) is 3.69. The van der Waals surface area contributed by atoms with Crippen LogP contribution < -0.4 is 5.73 Å². The maximum Gasteiger partial charge on any atom is 0.123 e. The molecule has 0 radical (unpaired) electrons. The van der Waals surface area contributed by atoms with Gasteiger partial charge in [-0.15, -0.1) is 0 Å². The molecule has 0 aliphatic rings. The first kappa shape index (κ1) is 11.8. The van der Waals surface area contributed by atoms with Crippen LogP contribution in [0.25, 0.3) is 0 Å². The number of benzene rings is 2. The van der Waals surface area contributed by atoms with Gasteiger partial charge in [-0.25, -0.2) is 4.39 Å². The summed E-state index contributed by atoms with van der Waals surface area (Å²) in [4.78, 5) is 0.619. The third kappa shape index (κ3) is 3.14. The minimum atomic E-state index is -1.17. The van der Waals surface area contributed by atoms with Gasteiger partial charge in [0.1, 0.15) is 5.82 Å². The number of anilines is 1. The SMILES string of the molecule is Nc1cccc(CS(=O)c2ccc(F)cc2)c1. The molecule has 1 atom stereocenters. The van der Waals surface area contributed by atoms with E-state index in [0.717, 1.165) is 5.56 Å². The molecule has 2 N–H and O–H groups in total. The first-order valence-electron chi connectivity index (χ1n) is 5.13. The van der Waals surface area contributed by atoms with Gasteiger partial charge < -0.3 is 5.73 Å². The molecule has 2 aromatic carbocycles. The van der Waals surface area contributed by atoms with Gasteiger partial charge in [-0.2, -0.15) is 0 Å². The topological polar surface area (TPSA) is 43.1 Å². The fourth-order valence-corrected chi connectivity index (χ4v) is 2.59. The molecule has 88 valence electrons. The second kappa shape index (κ2) is 5.10. The molecule has 17 heavy (non-hydrogen) atoms. The van der Waals surface area contributed by atoms with Gasteiger partial charge in [0, 0.05) is 10.6 Å². The van der Waals surface area contributed by atoms with Gasteiger partial charge in [-0.3, -0.25) is 4.21 Å². The van der Waals surface area contributed by atoms with Crippen molar-refractivity contribution < 1.29 is 8.60 Å². The van der Waals surface area contributed by atoms with Crippen LogP contribution in [0.15, 0.2) is 53.4 Å². The predicted octanol–water partition coefficient (Wildman–Crippen LogP) is 2.72. The largest absolute Gasteiger partial charge is 0.399 e. The lowest BCUT2D eigenvalue weighted by Crippen LogP contribution is -1.97. The first-order chi connectivity index (χ1) is 8.15. The first-order valence-corrected chi connectivity index (χ1v) is 6.45. The van der Waals surface area contributed by atoms with Crippen molar-refractivity contribution in [2.24, 2.45) is 0 Å². The molecular formula is C13H12FNOS. The van der Waals surface area contributed by atoms with Crippen molar-refractivity contribution >= 4 is 16.5 Å². The summed E-state index contributed by atoms with van der Waals surface area (Å²) in [7, 11) is -1.17. The molecule has 0 spiro atoms. The van der Waals surface area contributed by atoms with E-state index in [9.17, 15) is 8.60 Å². The highest BCUT2D eigenvalue weighted by atomic mass is 32.2. The Balaban J connectivity index is 2.14. The molecular weight excluding hydrogens is 237 g/mol. The summed E-state index contributed by atoms with van der Waals surface area (Å²) in [6, 6.07) is 13.0. The molecule has 2 rings (SSSR count). The van der Waals surface area contributed by atoms with Crippen LogP contribution in [0.5, 0.6) is 0 Å². The summed E-state index contributed by atoms with van der Waals surface area (Å²) in [5.41, 5.74) is 7.21. The molecule has 0 amide bonds. The number of nitrogen functional groups attached to an aromatic ring is 1. The third-order valence-corrected chi connectivity index (χ3v) is 3.72. The lowest BCUT2D eigenvalue weighted by molar-refractivity contribution is 0.626. The van der Waals surface area contributed by atoms with Crippen molar-refractivity contribution in [3.8, 4) is 0 Å². The molecule has 0 aromatic heterocycles. The van der Waals surface area contributed by atoms with Crippen LogP contribution in [0, 0.1) is 5.82 Å². The van der Waals surface area contributed by atoms with Gasteiger partial charge in [0.05, 0.1) is 16.6 Å². The van der Waals surface area contributed by atoms with Crippen molar-refractivity contribution in [2.75, 3.05) is 5.73 Å². The Morgan fingerprint density at radius 2 is 1.82 bits per heavy atom. The third-order valence-electron chi connectivity index (χ3n) is 2.33. The highest BCUT2D eigenvalue weighted by Gasteiger charge is 2.05. The zero-order valence-corrected chi connectivity index (χ0v) is 9.91. The fourth-order valence-electron chi connectivity index (χ4n) is 1.50. The molecule has 0 saturated carbocycles. The summed E-state index contributed by atoms with van der Waals surface area (Å²) in [5, 5.41) is 0. The number of halogens is 1. The standard InChI is InChI=1S/C13H12FNOS/c14-11-4-6-13(7-5-11)17(16)9-10-2-1-3-12(15)8-10/h1-8H,9,15H2. The molecule has 0 aliphatic heterocycles. The van der Waals surface area contributed by atoms with Crippen molar-refractivity contribution in [3.05, 3.63) is 59.9 Å². The van der Waals surface area contributed by atoms with Gasteiger partial charge >= 0.3 is 0 Å². The van der Waals surface area contributed by atoms with Crippen LogP contribution >= 0.6 is 0 Å². The van der Waals surface area contributed by atoms with Crippen molar-refractivity contribution in [2.45, 2.75) is 10.6 Å².